The van der Waals surface area contributed by atoms with Gasteiger partial charge in [0.25, 0.3) is 5.91 Å². The number of ether oxygens (including phenoxy) is 1. The van der Waals surface area contributed by atoms with Crippen molar-refractivity contribution in [3.05, 3.63) is 51.2 Å². The number of aromatic nitrogens is 1. The number of methoxy groups -OCH3 is 1. The van der Waals surface area contributed by atoms with Crippen molar-refractivity contribution in [1.29, 1.82) is 0 Å². The highest BCUT2D eigenvalue weighted by Gasteiger charge is 2.15. The average Bonchev–Trinajstić information content (AvgIpc) is 2.41. The maximum Gasteiger partial charge on any atom is 0.257 e. The van der Waals surface area contributed by atoms with Crippen LogP contribution in [0, 0.1) is 6.92 Å². The van der Waals surface area contributed by atoms with Crippen LogP contribution in [0.5, 0.6) is 5.75 Å². The molecule has 2 rings (SSSR count). The number of anilines is 1. The van der Waals surface area contributed by atoms with E-state index in [1.54, 1.807) is 19.2 Å². The van der Waals surface area contributed by atoms with Crippen LogP contribution in [0.15, 0.2) is 35.1 Å². The molecule has 0 aliphatic carbocycles. The van der Waals surface area contributed by atoms with Crippen molar-refractivity contribution in [3.8, 4) is 5.75 Å². The number of nitrogens with zero attached hydrogens (tertiary/aromatic N) is 1. The van der Waals surface area contributed by atoms with E-state index in [-0.39, 0.29) is 5.91 Å². The fourth-order valence-electron chi connectivity index (χ4n) is 1.77. The molecule has 0 atom stereocenters. The summed E-state index contributed by atoms with van der Waals surface area (Å²) < 4.78 is 6.17. The zero-order valence-corrected chi connectivity index (χ0v) is 13.2. The number of amides is 1. The molecule has 0 unspecified atom stereocenters. The van der Waals surface area contributed by atoms with Gasteiger partial charge in [-0.1, -0.05) is 27.5 Å². The minimum atomic E-state index is -0.305. The first-order valence-corrected chi connectivity index (χ1v) is 6.95. The second kappa shape index (κ2) is 6.24. The molecule has 1 amide bonds. The predicted octanol–water partition coefficient (Wildman–Crippen LogP) is 4.07. The molecule has 0 bridgehead atoms. The van der Waals surface area contributed by atoms with E-state index in [9.17, 15) is 4.79 Å². The number of hydrogen-bond donors (Lipinski definition) is 1. The Labute approximate surface area is 130 Å². The fourth-order valence-corrected chi connectivity index (χ4v) is 2.53. The number of aryl methyl sites for hydroxylation is 1. The summed E-state index contributed by atoms with van der Waals surface area (Å²) in [4.78, 5) is 16.1. The van der Waals surface area contributed by atoms with Crippen molar-refractivity contribution in [1.82, 2.24) is 4.98 Å². The van der Waals surface area contributed by atoms with Gasteiger partial charge in [-0.05, 0) is 30.7 Å². The molecule has 1 heterocycles. The molecule has 0 saturated heterocycles. The highest BCUT2D eigenvalue weighted by Crippen LogP contribution is 2.32. The molecule has 2 aromatic rings. The van der Waals surface area contributed by atoms with Gasteiger partial charge >= 0.3 is 0 Å². The van der Waals surface area contributed by atoms with Gasteiger partial charge in [0.05, 0.1) is 23.4 Å². The van der Waals surface area contributed by atoms with Gasteiger partial charge in [0, 0.05) is 16.9 Å². The van der Waals surface area contributed by atoms with Crippen molar-refractivity contribution in [2.24, 2.45) is 0 Å². The zero-order chi connectivity index (χ0) is 14.7. The van der Waals surface area contributed by atoms with Gasteiger partial charge < -0.3 is 10.1 Å². The molecule has 0 saturated carbocycles. The van der Waals surface area contributed by atoms with Gasteiger partial charge in [-0.3, -0.25) is 9.78 Å². The lowest BCUT2D eigenvalue weighted by atomic mass is 10.1. The van der Waals surface area contributed by atoms with Gasteiger partial charge in [-0.25, -0.2) is 0 Å². The smallest absolute Gasteiger partial charge is 0.257 e. The molecule has 0 aliphatic heterocycles. The number of pyridine rings is 1. The Morgan fingerprint density at radius 3 is 2.85 bits per heavy atom. The Balaban J connectivity index is 2.35. The lowest BCUT2D eigenvalue weighted by Gasteiger charge is -2.14. The lowest BCUT2D eigenvalue weighted by molar-refractivity contribution is 0.102. The summed E-state index contributed by atoms with van der Waals surface area (Å²) in [5.41, 5.74) is 1.87. The van der Waals surface area contributed by atoms with Crippen LogP contribution >= 0.6 is 27.5 Å². The largest absolute Gasteiger partial charge is 0.495 e. The fraction of sp³-hybridized carbons (Fsp3) is 0.143. The number of nitrogens with one attached hydrogen (secondary N) is 1. The first-order chi connectivity index (χ1) is 9.52. The summed E-state index contributed by atoms with van der Waals surface area (Å²) in [6.45, 7) is 1.89. The molecule has 104 valence electrons. The molecular formula is C14H12BrClN2O2. The average molecular weight is 356 g/mol. The highest BCUT2D eigenvalue weighted by atomic mass is 79.9. The number of halogens is 2. The molecule has 4 nitrogen and oxygen atoms in total. The molecule has 0 aliphatic rings. The van der Waals surface area contributed by atoms with Crippen molar-refractivity contribution in [3.63, 3.8) is 0 Å². The first-order valence-electron chi connectivity index (χ1n) is 5.78. The third kappa shape index (κ3) is 3.11. The van der Waals surface area contributed by atoms with Gasteiger partial charge in [0.1, 0.15) is 5.75 Å². The van der Waals surface area contributed by atoms with Crippen molar-refractivity contribution in [2.75, 3.05) is 12.4 Å². The third-order valence-electron chi connectivity index (χ3n) is 2.74. The van der Waals surface area contributed by atoms with Crippen LogP contribution in [0.2, 0.25) is 5.02 Å². The van der Waals surface area contributed by atoms with Crippen LogP contribution in [0.4, 0.5) is 5.69 Å². The minimum Gasteiger partial charge on any atom is -0.495 e. The van der Waals surface area contributed by atoms with E-state index in [4.69, 9.17) is 16.3 Å². The van der Waals surface area contributed by atoms with E-state index in [0.717, 1.165) is 10.0 Å². The molecule has 1 N–H and O–H groups in total. The van der Waals surface area contributed by atoms with Crippen LogP contribution in [0.3, 0.4) is 0 Å². The van der Waals surface area contributed by atoms with Gasteiger partial charge in [-0.15, -0.1) is 0 Å². The van der Waals surface area contributed by atoms with E-state index in [1.807, 2.05) is 13.0 Å². The molecule has 20 heavy (non-hydrogen) atoms. The maximum absolute atomic E-state index is 12.2. The molecular weight excluding hydrogens is 344 g/mol. The third-order valence-corrected chi connectivity index (χ3v) is 3.50. The van der Waals surface area contributed by atoms with Crippen LogP contribution < -0.4 is 10.1 Å². The van der Waals surface area contributed by atoms with Crippen LogP contribution in [0.25, 0.3) is 0 Å². The van der Waals surface area contributed by atoms with E-state index in [1.165, 1.54) is 12.4 Å². The van der Waals surface area contributed by atoms with Crippen molar-refractivity contribution < 1.29 is 9.53 Å². The Morgan fingerprint density at radius 1 is 1.45 bits per heavy atom. The summed E-state index contributed by atoms with van der Waals surface area (Å²) in [5, 5.41) is 3.12. The molecule has 0 fully saturated rings. The second-order valence-electron chi connectivity index (χ2n) is 4.11. The number of carbonyl (C=O) groups is 1. The molecule has 1 aromatic carbocycles. The summed E-state index contributed by atoms with van der Waals surface area (Å²) >= 11 is 9.35. The van der Waals surface area contributed by atoms with Gasteiger partial charge in [0.15, 0.2) is 0 Å². The Bertz CT molecular complexity index is 662. The van der Waals surface area contributed by atoms with Crippen LogP contribution in [0.1, 0.15) is 15.9 Å². The first kappa shape index (κ1) is 14.8. The predicted molar refractivity (Wildman–Crippen MR) is 82.6 cm³/mol. The van der Waals surface area contributed by atoms with Gasteiger partial charge in [0.2, 0.25) is 0 Å². The monoisotopic (exact) mass is 354 g/mol. The second-order valence-corrected chi connectivity index (χ2v) is 5.43. The molecule has 6 heteroatoms. The molecule has 0 spiro atoms. The standard InChI is InChI=1S/C14H12BrClN2O2/c1-8-5-9(15)6-12(20-2)13(8)18-14(19)10-3-4-17-7-11(10)16/h3-7H,1-2H3,(H,18,19). The number of hydrogen-bond acceptors (Lipinski definition) is 3. The number of benzene rings is 1. The van der Waals surface area contributed by atoms with Crippen molar-refractivity contribution in [2.45, 2.75) is 6.92 Å². The van der Waals surface area contributed by atoms with Crippen molar-refractivity contribution >= 4 is 39.1 Å². The molecule has 0 radical (unpaired) electrons. The van der Waals surface area contributed by atoms with E-state index >= 15 is 0 Å². The Hall–Kier alpha value is -1.59. The molecule has 1 aromatic heterocycles. The van der Waals surface area contributed by atoms with E-state index in [0.29, 0.717) is 22.0 Å². The number of carbonyl (C=O) groups excluding carboxylic acids is 1. The lowest BCUT2D eigenvalue weighted by Crippen LogP contribution is -2.14. The SMILES string of the molecule is COc1cc(Br)cc(C)c1NC(=O)c1ccncc1Cl. The Morgan fingerprint density at radius 2 is 2.20 bits per heavy atom. The zero-order valence-electron chi connectivity index (χ0n) is 10.9. The summed E-state index contributed by atoms with van der Waals surface area (Å²) in [7, 11) is 1.55. The minimum absolute atomic E-state index is 0.304. The van der Waals surface area contributed by atoms with Gasteiger partial charge in [-0.2, -0.15) is 0 Å². The van der Waals surface area contributed by atoms with E-state index in [2.05, 4.69) is 26.2 Å². The topological polar surface area (TPSA) is 51.2 Å². The Kier molecular flexibility index (Phi) is 4.62. The van der Waals surface area contributed by atoms with E-state index < -0.39 is 0 Å². The van der Waals surface area contributed by atoms with Crippen LogP contribution in [-0.2, 0) is 0 Å². The number of rotatable bonds is 3. The highest BCUT2D eigenvalue weighted by molar-refractivity contribution is 9.10. The maximum atomic E-state index is 12.2. The quantitative estimate of drug-likeness (QED) is 0.903. The van der Waals surface area contributed by atoms with Crippen LogP contribution in [-0.4, -0.2) is 18.0 Å². The summed E-state index contributed by atoms with van der Waals surface area (Å²) in [5.74, 6) is 0.275. The summed E-state index contributed by atoms with van der Waals surface area (Å²) in [6.07, 6.45) is 2.95. The summed E-state index contributed by atoms with van der Waals surface area (Å²) in [6, 6.07) is 5.25. The normalized spacial score (nSPS) is 10.2.